The minimum absolute atomic E-state index is 0.118. The fourth-order valence-electron chi connectivity index (χ4n) is 2.51. The molecule has 3 rings (SSSR count). The molecule has 0 spiro atoms. The summed E-state index contributed by atoms with van der Waals surface area (Å²) in [4.78, 5) is 23.8. The highest BCUT2D eigenvalue weighted by atomic mass is 16.5. The molecule has 0 radical (unpaired) electrons. The normalized spacial score (nSPS) is 10.4. The maximum absolute atomic E-state index is 12.0. The number of carbonyl (C=O) groups is 2. The Hall–Kier alpha value is -3.28. The number of para-hydroxylation sites is 2. The molecule has 2 amide bonds. The molecule has 1 aromatic heterocycles. The molecule has 0 atom stereocenters. The van der Waals surface area contributed by atoms with E-state index < -0.39 is 5.91 Å². The molecular weight excluding hydrogens is 318 g/mol. The second kappa shape index (κ2) is 7.53. The summed E-state index contributed by atoms with van der Waals surface area (Å²) in [5.74, 6) is -0.0950. The van der Waals surface area contributed by atoms with Crippen molar-refractivity contribution in [3.63, 3.8) is 0 Å². The molecule has 0 aliphatic heterocycles. The number of nitrogens with zero attached hydrogens (tertiary/aromatic N) is 1. The molecule has 25 heavy (non-hydrogen) atoms. The first-order valence-electron chi connectivity index (χ1n) is 7.93. The Morgan fingerprint density at radius 2 is 1.68 bits per heavy atom. The monoisotopic (exact) mass is 337 g/mol. The van der Waals surface area contributed by atoms with E-state index in [1.165, 1.54) is 0 Å². The quantitative estimate of drug-likeness (QED) is 0.701. The van der Waals surface area contributed by atoms with Crippen LogP contribution >= 0.6 is 0 Å². The number of rotatable bonds is 5. The van der Waals surface area contributed by atoms with Crippen LogP contribution in [0.3, 0.4) is 0 Å². The van der Waals surface area contributed by atoms with Crippen LogP contribution in [0.2, 0.25) is 0 Å². The average Bonchev–Trinajstić information content (AvgIpc) is 3.02. The molecule has 0 bridgehead atoms. The van der Waals surface area contributed by atoms with Crippen molar-refractivity contribution >= 4 is 22.7 Å². The second-order valence-electron chi connectivity index (χ2n) is 5.65. The third kappa shape index (κ3) is 4.17. The molecular formula is C19H19N3O3. The zero-order valence-electron chi connectivity index (χ0n) is 13.9. The van der Waals surface area contributed by atoms with E-state index in [0.29, 0.717) is 5.75 Å². The molecule has 0 saturated heterocycles. The van der Waals surface area contributed by atoms with E-state index in [9.17, 15) is 9.59 Å². The third-order valence-electron chi connectivity index (χ3n) is 3.79. The van der Waals surface area contributed by atoms with Gasteiger partial charge in [0.25, 0.3) is 11.8 Å². The lowest BCUT2D eigenvalue weighted by Crippen LogP contribution is -2.45. The van der Waals surface area contributed by atoms with Gasteiger partial charge in [0, 0.05) is 11.7 Å². The number of ether oxygens (including phenoxy) is 1. The molecule has 6 nitrogen and oxygen atoms in total. The Balaban J connectivity index is 1.47. The first-order valence-corrected chi connectivity index (χ1v) is 7.93. The van der Waals surface area contributed by atoms with Gasteiger partial charge < -0.3 is 9.30 Å². The number of aryl methyl sites for hydroxylation is 1. The fraction of sp³-hybridized carbons (Fsp3) is 0.158. The van der Waals surface area contributed by atoms with Crippen molar-refractivity contribution in [1.82, 2.24) is 15.4 Å². The van der Waals surface area contributed by atoms with Gasteiger partial charge in [-0.25, -0.2) is 0 Å². The first kappa shape index (κ1) is 16.6. The van der Waals surface area contributed by atoms with Gasteiger partial charge in [0.05, 0.1) is 0 Å². The topological polar surface area (TPSA) is 72.4 Å². The maximum atomic E-state index is 12.0. The largest absolute Gasteiger partial charge is 0.483 e. The molecule has 0 saturated carbocycles. The Kier molecular flexibility index (Phi) is 4.99. The van der Waals surface area contributed by atoms with Crippen LogP contribution < -0.4 is 15.6 Å². The average molecular weight is 337 g/mol. The van der Waals surface area contributed by atoms with Crippen molar-refractivity contribution in [3.05, 3.63) is 66.4 Å². The molecule has 2 N–H and O–H groups in total. The zero-order valence-corrected chi connectivity index (χ0v) is 13.9. The van der Waals surface area contributed by atoms with Gasteiger partial charge in [-0.15, -0.1) is 0 Å². The summed E-state index contributed by atoms with van der Waals surface area (Å²) in [6.07, 6.45) is 1.84. The highest BCUT2D eigenvalue weighted by Gasteiger charge is 2.08. The lowest BCUT2D eigenvalue weighted by molar-refractivity contribution is -0.130. The highest BCUT2D eigenvalue weighted by Crippen LogP contribution is 2.16. The minimum atomic E-state index is -0.422. The summed E-state index contributed by atoms with van der Waals surface area (Å²) in [6, 6.07) is 17.2. The van der Waals surface area contributed by atoms with Crippen LogP contribution in [0.1, 0.15) is 5.56 Å². The minimum Gasteiger partial charge on any atom is -0.483 e. The molecule has 0 aliphatic rings. The van der Waals surface area contributed by atoms with Crippen molar-refractivity contribution in [3.8, 4) is 5.75 Å². The maximum Gasteiger partial charge on any atom is 0.276 e. The number of benzene rings is 2. The van der Waals surface area contributed by atoms with E-state index >= 15 is 0 Å². The van der Waals surface area contributed by atoms with E-state index in [0.717, 1.165) is 16.5 Å². The van der Waals surface area contributed by atoms with Gasteiger partial charge in [-0.2, -0.15) is 0 Å². The molecule has 128 valence electrons. The van der Waals surface area contributed by atoms with Crippen LogP contribution in [0.15, 0.2) is 60.8 Å². The number of hydrogen-bond acceptors (Lipinski definition) is 3. The fourth-order valence-corrected chi connectivity index (χ4v) is 2.51. The van der Waals surface area contributed by atoms with Crippen LogP contribution in [0, 0.1) is 6.92 Å². The standard InChI is InChI=1S/C19H19N3O3/c1-14-6-2-5-9-17(14)25-13-19(24)21-20-18(23)12-22-11-10-15-7-3-4-8-16(15)22/h2-11H,12-13H2,1H3,(H,20,23)(H,21,24). The summed E-state index contributed by atoms with van der Waals surface area (Å²) in [5, 5.41) is 1.06. The van der Waals surface area contributed by atoms with E-state index in [1.54, 1.807) is 6.07 Å². The zero-order chi connectivity index (χ0) is 17.6. The third-order valence-corrected chi connectivity index (χ3v) is 3.79. The van der Waals surface area contributed by atoms with Gasteiger partial charge >= 0.3 is 0 Å². The molecule has 0 aliphatic carbocycles. The van der Waals surface area contributed by atoms with Gasteiger partial charge in [0.15, 0.2) is 6.61 Å². The Labute approximate surface area is 145 Å². The predicted molar refractivity (Wildman–Crippen MR) is 94.9 cm³/mol. The van der Waals surface area contributed by atoms with E-state index in [2.05, 4.69) is 10.9 Å². The first-order chi connectivity index (χ1) is 12.1. The Morgan fingerprint density at radius 3 is 2.52 bits per heavy atom. The summed E-state index contributed by atoms with van der Waals surface area (Å²) < 4.78 is 7.25. The number of fused-ring (bicyclic) bond motifs is 1. The number of hydrogen-bond donors (Lipinski definition) is 2. The molecule has 6 heteroatoms. The van der Waals surface area contributed by atoms with Gasteiger partial charge in [-0.05, 0) is 36.1 Å². The summed E-state index contributed by atoms with van der Waals surface area (Å²) in [7, 11) is 0. The van der Waals surface area contributed by atoms with Crippen molar-refractivity contribution in [2.45, 2.75) is 13.5 Å². The smallest absolute Gasteiger partial charge is 0.276 e. The van der Waals surface area contributed by atoms with Gasteiger partial charge in [0.1, 0.15) is 12.3 Å². The molecule has 3 aromatic rings. The lowest BCUT2D eigenvalue weighted by Gasteiger charge is -2.11. The Bertz CT molecular complexity index is 902. The number of aromatic nitrogens is 1. The van der Waals surface area contributed by atoms with Crippen molar-refractivity contribution in [1.29, 1.82) is 0 Å². The SMILES string of the molecule is Cc1ccccc1OCC(=O)NNC(=O)Cn1ccc2ccccc21. The number of amides is 2. The van der Waals surface area contributed by atoms with Gasteiger partial charge in [-0.3, -0.25) is 20.4 Å². The molecule has 0 unspecified atom stereocenters. The highest BCUT2D eigenvalue weighted by molar-refractivity contribution is 5.85. The number of hydrazine groups is 1. The van der Waals surface area contributed by atoms with Crippen LogP contribution in [0.4, 0.5) is 0 Å². The van der Waals surface area contributed by atoms with Crippen LogP contribution in [0.5, 0.6) is 5.75 Å². The molecule has 1 heterocycles. The predicted octanol–water partition coefficient (Wildman–Crippen LogP) is 2.18. The lowest BCUT2D eigenvalue weighted by atomic mass is 10.2. The summed E-state index contributed by atoms with van der Waals surface area (Å²) >= 11 is 0. The van der Waals surface area contributed by atoms with E-state index in [-0.39, 0.29) is 19.1 Å². The van der Waals surface area contributed by atoms with Gasteiger partial charge in [0.2, 0.25) is 0 Å². The Morgan fingerprint density at radius 1 is 0.960 bits per heavy atom. The van der Waals surface area contributed by atoms with Crippen molar-refractivity contribution in [2.75, 3.05) is 6.61 Å². The molecule has 2 aromatic carbocycles. The second-order valence-corrected chi connectivity index (χ2v) is 5.65. The van der Waals surface area contributed by atoms with E-state index in [1.807, 2.05) is 66.2 Å². The van der Waals surface area contributed by atoms with Crippen molar-refractivity contribution in [2.24, 2.45) is 0 Å². The summed E-state index contributed by atoms with van der Waals surface area (Å²) in [5.41, 5.74) is 6.66. The van der Waals surface area contributed by atoms with E-state index in [4.69, 9.17) is 4.74 Å². The number of nitrogens with one attached hydrogen (secondary N) is 2. The number of carbonyl (C=O) groups excluding carboxylic acids is 2. The van der Waals surface area contributed by atoms with Crippen LogP contribution in [-0.2, 0) is 16.1 Å². The summed E-state index contributed by atoms with van der Waals surface area (Å²) in [6.45, 7) is 1.85. The van der Waals surface area contributed by atoms with Gasteiger partial charge in [-0.1, -0.05) is 36.4 Å². The van der Waals surface area contributed by atoms with Crippen LogP contribution in [0.25, 0.3) is 10.9 Å². The van der Waals surface area contributed by atoms with Crippen molar-refractivity contribution < 1.29 is 14.3 Å². The molecule has 0 fully saturated rings. The van der Waals surface area contributed by atoms with Crippen LogP contribution in [-0.4, -0.2) is 23.0 Å².